The number of nitrogen functional groups attached to an aromatic ring is 1. The van der Waals surface area contributed by atoms with Crippen molar-refractivity contribution < 1.29 is 14.5 Å². The minimum absolute atomic E-state index is 0.0585. The van der Waals surface area contributed by atoms with Crippen molar-refractivity contribution in [2.45, 2.75) is 13.8 Å². The van der Waals surface area contributed by atoms with Crippen LogP contribution >= 0.6 is 0 Å². The molecule has 0 atom stereocenters. The van der Waals surface area contributed by atoms with Gasteiger partial charge in [-0.25, -0.2) is 0 Å². The predicted molar refractivity (Wildman–Crippen MR) is 58.7 cm³/mol. The maximum atomic E-state index is 11.2. The molecular weight excluding hydrogens is 212 g/mol. The van der Waals surface area contributed by atoms with E-state index in [4.69, 9.17) is 10.5 Å². The van der Waals surface area contributed by atoms with Crippen molar-refractivity contribution in [3.8, 4) is 5.75 Å². The Bertz CT molecular complexity index is 443. The number of nitro benzene ring substituents is 1. The van der Waals surface area contributed by atoms with Gasteiger partial charge in [-0.2, -0.15) is 0 Å². The Labute approximate surface area is 92.2 Å². The van der Waals surface area contributed by atoms with Crippen molar-refractivity contribution in [3.05, 3.63) is 27.8 Å². The number of hydrogen-bond donors (Lipinski definition) is 1. The fraction of sp³-hybridized carbons (Fsp3) is 0.300. The summed E-state index contributed by atoms with van der Waals surface area (Å²) in [6.07, 6.45) is 0. The highest BCUT2D eigenvalue weighted by Gasteiger charge is 2.19. The van der Waals surface area contributed by atoms with E-state index in [2.05, 4.69) is 0 Å². The van der Waals surface area contributed by atoms with Gasteiger partial charge < -0.3 is 10.5 Å². The van der Waals surface area contributed by atoms with E-state index in [-0.39, 0.29) is 28.5 Å². The first kappa shape index (κ1) is 12.0. The zero-order valence-corrected chi connectivity index (χ0v) is 9.02. The second-order valence-electron chi connectivity index (χ2n) is 3.15. The van der Waals surface area contributed by atoms with Crippen molar-refractivity contribution in [1.82, 2.24) is 0 Å². The fourth-order valence-electron chi connectivity index (χ4n) is 1.24. The summed E-state index contributed by atoms with van der Waals surface area (Å²) in [4.78, 5) is 21.2. The fourth-order valence-corrected chi connectivity index (χ4v) is 1.24. The normalized spacial score (nSPS) is 9.88. The summed E-state index contributed by atoms with van der Waals surface area (Å²) in [7, 11) is 0. The van der Waals surface area contributed by atoms with Gasteiger partial charge in [-0.1, -0.05) is 0 Å². The third-order valence-corrected chi connectivity index (χ3v) is 2.02. The number of ether oxygens (including phenoxy) is 1. The Hall–Kier alpha value is -2.11. The Morgan fingerprint density at radius 1 is 1.56 bits per heavy atom. The lowest BCUT2D eigenvalue weighted by atomic mass is 10.1. The maximum Gasteiger partial charge on any atom is 0.296 e. The number of anilines is 1. The van der Waals surface area contributed by atoms with Crippen LogP contribution < -0.4 is 10.5 Å². The van der Waals surface area contributed by atoms with Gasteiger partial charge in [0, 0.05) is 11.6 Å². The van der Waals surface area contributed by atoms with Gasteiger partial charge >= 0.3 is 0 Å². The molecule has 0 saturated carbocycles. The molecule has 0 unspecified atom stereocenters. The minimum atomic E-state index is -0.635. The molecule has 2 N–H and O–H groups in total. The maximum absolute atomic E-state index is 11.2. The quantitative estimate of drug-likeness (QED) is 0.364. The summed E-state index contributed by atoms with van der Waals surface area (Å²) in [6, 6.07) is 2.56. The molecule has 86 valence electrons. The lowest BCUT2D eigenvalue weighted by Gasteiger charge is -2.08. The standard InChI is InChI=1S/C10H12N2O4/c1-3-16-9-5-7(6(2)13)4-8(10(9)11)12(14)15/h4-5H,3,11H2,1-2H3. The van der Waals surface area contributed by atoms with E-state index in [9.17, 15) is 14.9 Å². The van der Waals surface area contributed by atoms with Crippen molar-refractivity contribution in [3.63, 3.8) is 0 Å². The number of nitrogens with two attached hydrogens (primary N) is 1. The number of hydrogen-bond acceptors (Lipinski definition) is 5. The Morgan fingerprint density at radius 3 is 2.62 bits per heavy atom. The first-order valence-electron chi connectivity index (χ1n) is 4.69. The van der Waals surface area contributed by atoms with Gasteiger partial charge in [0.05, 0.1) is 11.5 Å². The first-order valence-corrected chi connectivity index (χ1v) is 4.69. The summed E-state index contributed by atoms with van der Waals surface area (Å²) < 4.78 is 5.14. The van der Waals surface area contributed by atoms with Crippen molar-refractivity contribution >= 4 is 17.2 Å². The molecule has 0 bridgehead atoms. The SMILES string of the molecule is CCOc1cc(C(C)=O)cc([N+](=O)[O-])c1N. The van der Waals surface area contributed by atoms with E-state index in [1.54, 1.807) is 6.92 Å². The van der Waals surface area contributed by atoms with Crippen LogP contribution in [-0.4, -0.2) is 17.3 Å². The van der Waals surface area contributed by atoms with Crippen LogP contribution in [0.2, 0.25) is 0 Å². The largest absolute Gasteiger partial charge is 0.491 e. The van der Waals surface area contributed by atoms with Gasteiger partial charge in [0.1, 0.15) is 5.75 Å². The van der Waals surface area contributed by atoms with Crippen LogP contribution in [0.25, 0.3) is 0 Å². The summed E-state index contributed by atoms with van der Waals surface area (Å²) in [6.45, 7) is 3.37. The molecule has 0 aliphatic carbocycles. The molecule has 0 aliphatic rings. The third-order valence-electron chi connectivity index (χ3n) is 2.02. The van der Waals surface area contributed by atoms with Gasteiger partial charge in [-0.05, 0) is 19.9 Å². The monoisotopic (exact) mass is 224 g/mol. The van der Waals surface area contributed by atoms with E-state index in [1.807, 2.05) is 0 Å². The molecular formula is C10H12N2O4. The number of nitro groups is 1. The molecule has 0 saturated heterocycles. The van der Waals surface area contributed by atoms with Gasteiger partial charge in [-0.3, -0.25) is 14.9 Å². The van der Waals surface area contributed by atoms with E-state index in [0.717, 1.165) is 6.07 Å². The summed E-state index contributed by atoms with van der Waals surface area (Å²) in [5.41, 5.74) is 5.41. The number of ketones is 1. The van der Waals surface area contributed by atoms with Crippen LogP contribution in [0.5, 0.6) is 5.75 Å². The van der Waals surface area contributed by atoms with Gasteiger partial charge in [0.15, 0.2) is 11.5 Å². The molecule has 0 amide bonds. The van der Waals surface area contributed by atoms with E-state index in [0.29, 0.717) is 6.61 Å². The Kier molecular flexibility index (Phi) is 3.44. The number of Topliss-reactive ketones (excluding diaryl/α,β-unsaturated/α-hetero) is 1. The molecule has 0 aromatic heterocycles. The average molecular weight is 224 g/mol. The summed E-state index contributed by atoms with van der Waals surface area (Å²) in [5.74, 6) is -0.106. The zero-order chi connectivity index (χ0) is 12.3. The van der Waals surface area contributed by atoms with Crippen LogP contribution in [0.1, 0.15) is 24.2 Å². The van der Waals surface area contributed by atoms with E-state index < -0.39 is 4.92 Å². The Balaban J connectivity index is 3.38. The topological polar surface area (TPSA) is 95.5 Å². The molecule has 1 rings (SSSR count). The van der Waals surface area contributed by atoms with Gasteiger partial charge in [0.25, 0.3) is 5.69 Å². The number of carbonyl (C=O) groups excluding carboxylic acids is 1. The summed E-state index contributed by atoms with van der Waals surface area (Å²) in [5, 5.41) is 10.7. The minimum Gasteiger partial charge on any atom is -0.491 e. The molecule has 0 fully saturated rings. The molecule has 6 heteroatoms. The lowest BCUT2D eigenvalue weighted by molar-refractivity contribution is -0.384. The van der Waals surface area contributed by atoms with Crippen LogP contribution in [0.15, 0.2) is 12.1 Å². The van der Waals surface area contributed by atoms with Crippen molar-refractivity contribution in [2.24, 2.45) is 0 Å². The molecule has 0 aliphatic heterocycles. The molecule has 0 spiro atoms. The summed E-state index contributed by atoms with van der Waals surface area (Å²) >= 11 is 0. The second-order valence-corrected chi connectivity index (χ2v) is 3.15. The first-order chi connectivity index (χ1) is 7.47. The highest BCUT2D eigenvalue weighted by Crippen LogP contribution is 2.33. The van der Waals surface area contributed by atoms with Crippen LogP contribution in [0.4, 0.5) is 11.4 Å². The highest BCUT2D eigenvalue weighted by atomic mass is 16.6. The average Bonchev–Trinajstić information content (AvgIpc) is 2.20. The van der Waals surface area contributed by atoms with Gasteiger partial charge in [-0.15, -0.1) is 0 Å². The smallest absolute Gasteiger partial charge is 0.296 e. The molecule has 1 aromatic carbocycles. The van der Waals surface area contributed by atoms with Crippen molar-refractivity contribution in [2.75, 3.05) is 12.3 Å². The molecule has 6 nitrogen and oxygen atoms in total. The van der Waals surface area contributed by atoms with E-state index in [1.165, 1.54) is 13.0 Å². The molecule has 0 radical (unpaired) electrons. The number of rotatable bonds is 4. The van der Waals surface area contributed by atoms with E-state index >= 15 is 0 Å². The van der Waals surface area contributed by atoms with Crippen LogP contribution in [0, 0.1) is 10.1 Å². The number of nitrogens with zero attached hydrogens (tertiary/aromatic N) is 1. The zero-order valence-electron chi connectivity index (χ0n) is 9.02. The molecule has 0 heterocycles. The highest BCUT2D eigenvalue weighted by molar-refractivity contribution is 5.96. The Morgan fingerprint density at radius 2 is 2.19 bits per heavy atom. The third kappa shape index (κ3) is 2.28. The second kappa shape index (κ2) is 4.61. The van der Waals surface area contributed by atoms with Crippen molar-refractivity contribution in [1.29, 1.82) is 0 Å². The van der Waals surface area contributed by atoms with Crippen LogP contribution in [0.3, 0.4) is 0 Å². The number of benzene rings is 1. The van der Waals surface area contributed by atoms with Crippen LogP contribution in [-0.2, 0) is 0 Å². The lowest BCUT2D eigenvalue weighted by Crippen LogP contribution is -2.04. The molecule has 1 aromatic rings. The molecule has 16 heavy (non-hydrogen) atoms. The number of carbonyl (C=O) groups is 1. The predicted octanol–water partition coefficient (Wildman–Crippen LogP) is 1.78. The van der Waals surface area contributed by atoms with Gasteiger partial charge in [0.2, 0.25) is 0 Å².